The lowest BCUT2D eigenvalue weighted by Crippen LogP contribution is -2.46. The van der Waals surface area contributed by atoms with Gasteiger partial charge < -0.3 is 5.11 Å². The van der Waals surface area contributed by atoms with Crippen molar-refractivity contribution in [2.75, 3.05) is 0 Å². The van der Waals surface area contributed by atoms with E-state index in [1.807, 2.05) is 30.3 Å². The van der Waals surface area contributed by atoms with E-state index in [0.29, 0.717) is 18.9 Å². The van der Waals surface area contributed by atoms with Gasteiger partial charge in [-0.1, -0.05) is 30.3 Å². The highest BCUT2D eigenvalue weighted by Gasteiger charge is 2.26. The minimum atomic E-state index is -1.02. The van der Waals surface area contributed by atoms with Gasteiger partial charge >= 0.3 is 5.97 Å². The van der Waals surface area contributed by atoms with E-state index < -0.39 is 11.5 Å². The lowest BCUT2D eigenvalue weighted by atomic mass is 10.1. The van der Waals surface area contributed by atoms with E-state index in [-0.39, 0.29) is 0 Å². The van der Waals surface area contributed by atoms with Crippen LogP contribution in [0.15, 0.2) is 30.3 Å². The standard InChI is InChI=1S/C13H17N5O2/c1-13(2,12(19)20)14-8-11-15-16-17-18(11)9-10-6-4-3-5-7-10/h3-7,14H,8-9H2,1-2H3,(H,19,20). The van der Waals surface area contributed by atoms with Crippen molar-refractivity contribution in [3.05, 3.63) is 41.7 Å². The molecule has 0 spiro atoms. The van der Waals surface area contributed by atoms with Crippen LogP contribution in [0.3, 0.4) is 0 Å². The largest absolute Gasteiger partial charge is 0.480 e. The molecule has 1 heterocycles. The van der Waals surface area contributed by atoms with Gasteiger partial charge in [-0.25, -0.2) is 4.68 Å². The number of nitrogens with one attached hydrogen (secondary N) is 1. The molecule has 2 rings (SSSR count). The first-order chi connectivity index (χ1) is 9.49. The maximum atomic E-state index is 11.0. The summed E-state index contributed by atoms with van der Waals surface area (Å²) in [5.41, 5.74) is 0.0577. The van der Waals surface area contributed by atoms with Gasteiger partial charge in [0.1, 0.15) is 5.54 Å². The van der Waals surface area contributed by atoms with Crippen LogP contribution in [0.2, 0.25) is 0 Å². The molecule has 0 fully saturated rings. The Morgan fingerprint density at radius 3 is 2.70 bits per heavy atom. The van der Waals surface area contributed by atoms with Crippen LogP contribution in [0.1, 0.15) is 25.2 Å². The molecule has 7 nitrogen and oxygen atoms in total. The molecule has 0 amide bonds. The highest BCUT2D eigenvalue weighted by atomic mass is 16.4. The topological polar surface area (TPSA) is 92.9 Å². The average Bonchev–Trinajstić information content (AvgIpc) is 2.85. The third-order valence-electron chi connectivity index (χ3n) is 3.00. The highest BCUT2D eigenvalue weighted by Crippen LogP contribution is 2.06. The predicted molar refractivity (Wildman–Crippen MR) is 71.9 cm³/mol. The van der Waals surface area contributed by atoms with Gasteiger partial charge in [0.25, 0.3) is 0 Å². The summed E-state index contributed by atoms with van der Waals surface area (Å²) < 4.78 is 1.65. The van der Waals surface area contributed by atoms with Crippen LogP contribution < -0.4 is 5.32 Å². The second kappa shape index (κ2) is 5.79. The summed E-state index contributed by atoms with van der Waals surface area (Å²) in [6.45, 7) is 4.04. The Labute approximate surface area is 116 Å². The normalized spacial score (nSPS) is 11.5. The molecule has 0 saturated carbocycles. The third-order valence-corrected chi connectivity index (χ3v) is 3.00. The highest BCUT2D eigenvalue weighted by molar-refractivity contribution is 5.77. The SMILES string of the molecule is CC(C)(NCc1nnnn1Cc1ccccc1)C(=O)O. The monoisotopic (exact) mass is 275 g/mol. The van der Waals surface area contributed by atoms with E-state index in [0.717, 1.165) is 5.56 Å². The molecular weight excluding hydrogens is 258 g/mol. The zero-order valence-corrected chi connectivity index (χ0v) is 11.4. The van der Waals surface area contributed by atoms with Crippen molar-refractivity contribution in [1.29, 1.82) is 0 Å². The van der Waals surface area contributed by atoms with Gasteiger partial charge in [0.2, 0.25) is 0 Å². The Morgan fingerprint density at radius 2 is 2.05 bits per heavy atom. The van der Waals surface area contributed by atoms with E-state index in [1.165, 1.54) is 0 Å². The molecule has 0 radical (unpaired) electrons. The molecule has 2 N–H and O–H groups in total. The summed E-state index contributed by atoms with van der Waals surface area (Å²) >= 11 is 0. The van der Waals surface area contributed by atoms with Crippen LogP contribution in [0.4, 0.5) is 0 Å². The Kier molecular flexibility index (Phi) is 4.09. The maximum Gasteiger partial charge on any atom is 0.323 e. The van der Waals surface area contributed by atoms with Gasteiger partial charge in [-0.05, 0) is 29.8 Å². The molecule has 0 aliphatic carbocycles. The molecule has 7 heteroatoms. The first-order valence-electron chi connectivity index (χ1n) is 6.26. The number of carboxylic acids is 1. The Bertz CT molecular complexity index is 579. The zero-order chi connectivity index (χ0) is 14.6. The number of tetrazole rings is 1. The molecule has 0 saturated heterocycles. The Balaban J connectivity index is 2.04. The smallest absolute Gasteiger partial charge is 0.323 e. The molecule has 0 unspecified atom stereocenters. The molecule has 0 aliphatic heterocycles. The van der Waals surface area contributed by atoms with Crippen molar-refractivity contribution in [2.45, 2.75) is 32.5 Å². The Hall–Kier alpha value is -2.28. The fraction of sp³-hybridized carbons (Fsp3) is 0.385. The van der Waals surface area contributed by atoms with Crippen LogP contribution in [0.25, 0.3) is 0 Å². The number of aromatic nitrogens is 4. The van der Waals surface area contributed by atoms with Crippen LogP contribution in [0.5, 0.6) is 0 Å². The van der Waals surface area contributed by atoms with E-state index in [2.05, 4.69) is 20.8 Å². The zero-order valence-electron chi connectivity index (χ0n) is 11.4. The number of nitrogens with zero attached hydrogens (tertiary/aromatic N) is 4. The second-order valence-electron chi connectivity index (χ2n) is 5.02. The van der Waals surface area contributed by atoms with Crippen molar-refractivity contribution < 1.29 is 9.90 Å². The molecule has 20 heavy (non-hydrogen) atoms. The van der Waals surface area contributed by atoms with Gasteiger partial charge in [0.15, 0.2) is 5.82 Å². The van der Waals surface area contributed by atoms with Gasteiger partial charge in [0.05, 0.1) is 13.1 Å². The number of hydrogen-bond donors (Lipinski definition) is 2. The van der Waals surface area contributed by atoms with Gasteiger partial charge in [-0.3, -0.25) is 10.1 Å². The number of hydrogen-bond acceptors (Lipinski definition) is 5. The van der Waals surface area contributed by atoms with Crippen molar-refractivity contribution in [2.24, 2.45) is 0 Å². The van der Waals surface area contributed by atoms with E-state index in [1.54, 1.807) is 18.5 Å². The number of benzene rings is 1. The van der Waals surface area contributed by atoms with E-state index in [4.69, 9.17) is 5.11 Å². The Morgan fingerprint density at radius 1 is 1.35 bits per heavy atom. The summed E-state index contributed by atoms with van der Waals surface area (Å²) in [5, 5.41) is 23.5. The van der Waals surface area contributed by atoms with Crippen molar-refractivity contribution in [1.82, 2.24) is 25.5 Å². The summed E-state index contributed by atoms with van der Waals surface area (Å²) in [5.74, 6) is -0.317. The maximum absolute atomic E-state index is 11.0. The van der Waals surface area contributed by atoms with E-state index >= 15 is 0 Å². The molecular formula is C13H17N5O2. The lowest BCUT2D eigenvalue weighted by molar-refractivity contribution is -0.143. The minimum absolute atomic E-state index is 0.291. The van der Waals surface area contributed by atoms with Crippen molar-refractivity contribution in [3.8, 4) is 0 Å². The minimum Gasteiger partial charge on any atom is -0.480 e. The number of carboxylic acid groups (broad SMARTS) is 1. The fourth-order valence-electron chi connectivity index (χ4n) is 1.60. The van der Waals surface area contributed by atoms with Crippen molar-refractivity contribution >= 4 is 5.97 Å². The molecule has 0 aliphatic rings. The van der Waals surface area contributed by atoms with Crippen LogP contribution in [-0.2, 0) is 17.9 Å². The second-order valence-corrected chi connectivity index (χ2v) is 5.02. The first-order valence-corrected chi connectivity index (χ1v) is 6.26. The number of aliphatic carboxylic acids is 1. The van der Waals surface area contributed by atoms with E-state index in [9.17, 15) is 4.79 Å². The quantitative estimate of drug-likeness (QED) is 0.805. The summed E-state index contributed by atoms with van der Waals surface area (Å²) in [7, 11) is 0. The molecule has 106 valence electrons. The molecule has 1 aromatic heterocycles. The summed E-state index contributed by atoms with van der Waals surface area (Å²) in [4.78, 5) is 11.0. The van der Waals surface area contributed by atoms with Crippen LogP contribution in [-0.4, -0.2) is 36.8 Å². The van der Waals surface area contributed by atoms with Crippen LogP contribution in [0, 0.1) is 0 Å². The van der Waals surface area contributed by atoms with Gasteiger partial charge in [-0.2, -0.15) is 0 Å². The fourth-order valence-corrected chi connectivity index (χ4v) is 1.60. The molecule has 2 aromatic rings. The molecule has 0 atom stereocenters. The third kappa shape index (κ3) is 3.39. The van der Waals surface area contributed by atoms with Gasteiger partial charge in [0, 0.05) is 0 Å². The average molecular weight is 275 g/mol. The lowest BCUT2D eigenvalue weighted by Gasteiger charge is -2.20. The first kappa shape index (κ1) is 14.1. The predicted octanol–water partition coefficient (Wildman–Crippen LogP) is 0.674. The summed E-state index contributed by atoms with van der Waals surface area (Å²) in [6, 6.07) is 9.82. The van der Waals surface area contributed by atoms with Crippen LogP contribution >= 0.6 is 0 Å². The van der Waals surface area contributed by atoms with Crippen molar-refractivity contribution in [3.63, 3.8) is 0 Å². The summed E-state index contributed by atoms with van der Waals surface area (Å²) in [6.07, 6.45) is 0. The van der Waals surface area contributed by atoms with Gasteiger partial charge in [-0.15, -0.1) is 5.10 Å². The number of rotatable bonds is 6. The number of carbonyl (C=O) groups is 1. The molecule has 1 aromatic carbocycles. The molecule has 0 bridgehead atoms.